The number of carbonyl (C=O) groups excluding carboxylic acids is 2. The van der Waals surface area contributed by atoms with Crippen molar-refractivity contribution in [1.82, 2.24) is 0 Å². The third kappa shape index (κ3) is 99.9. The zero-order chi connectivity index (χ0) is 4.71. The van der Waals surface area contributed by atoms with Gasteiger partial charge in [0.15, 0.2) is 0 Å². The Morgan fingerprint density at radius 3 is 1.25 bits per heavy atom. The van der Waals surface area contributed by atoms with Crippen molar-refractivity contribution in [2.75, 3.05) is 0 Å². The Morgan fingerprint density at radius 1 is 1.25 bits per heavy atom. The molecule has 0 radical (unpaired) electrons. The monoisotopic (exact) mass is 124 g/mol. The summed E-state index contributed by atoms with van der Waals surface area (Å²) in [7, 11) is 0. The summed E-state index contributed by atoms with van der Waals surface area (Å²) in [6, 6.07) is 0. The minimum Gasteiger partial charge on any atom is 0 e. The van der Waals surface area contributed by atoms with Crippen LogP contribution in [0, 0.1) is 6.65 Å². The van der Waals surface area contributed by atoms with Crippen LogP contribution in [-0.4, -0.2) is 11.6 Å². The van der Waals surface area contributed by atoms with Crippen molar-refractivity contribution >= 4 is 6.15 Å². The van der Waals surface area contributed by atoms with Gasteiger partial charge in [0.25, 0.3) is 0 Å². The number of hydrogen-bond donors (Lipinski definition) is 0. The van der Waals surface area contributed by atoms with E-state index in [-0.39, 0.29) is 27.9 Å². The Bertz CT molecular complexity index is 54.8. The molecule has 4 nitrogen and oxygen atoms in total. The SMILES string of the molecule is C.C.O.O=C=O.[C-]#[O+].[HH]. The van der Waals surface area contributed by atoms with Crippen molar-refractivity contribution in [3.63, 3.8) is 0 Å². The van der Waals surface area contributed by atoms with Crippen LogP contribution in [0.2, 0.25) is 0 Å². The Balaban J connectivity index is -0.00000000357. The minimum absolute atomic E-state index is 0. The van der Waals surface area contributed by atoms with Gasteiger partial charge in [-0.1, -0.05) is 14.9 Å². The molecule has 0 unspecified atom stereocenters. The molecule has 0 rings (SSSR count). The first-order valence-electron chi connectivity index (χ1n) is 0.612. The summed E-state index contributed by atoms with van der Waals surface area (Å²) in [5.74, 6) is 0. The predicted molar refractivity (Wildman–Crippen MR) is 28.1 cm³/mol. The van der Waals surface area contributed by atoms with Crippen LogP contribution in [0.3, 0.4) is 0 Å². The van der Waals surface area contributed by atoms with Gasteiger partial charge in [-0.3, -0.25) is 0 Å². The molecule has 0 saturated heterocycles. The van der Waals surface area contributed by atoms with Gasteiger partial charge in [0, 0.05) is 1.43 Å². The smallest absolute Gasteiger partial charge is 0 e. The van der Waals surface area contributed by atoms with E-state index in [1.54, 1.807) is 0 Å². The summed E-state index contributed by atoms with van der Waals surface area (Å²) in [6.07, 6.45) is 0.250. The second kappa shape index (κ2) is 24500. The molecule has 0 heterocycles. The third-order valence-corrected chi connectivity index (χ3v) is 0. The van der Waals surface area contributed by atoms with Crippen molar-refractivity contribution < 1.29 is 21.1 Å². The van der Waals surface area contributed by atoms with E-state index < -0.39 is 0 Å². The Labute approximate surface area is 50.0 Å². The van der Waals surface area contributed by atoms with Crippen LogP contribution in [0.25, 0.3) is 0 Å². The Morgan fingerprint density at radius 2 is 1.25 bits per heavy atom. The average molecular weight is 124 g/mol. The molecule has 0 aliphatic rings. The molecule has 0 aliphatic carbocycles. The molecule has 4 heteroatoms. The molecule has 0 atom stereocenters. The minimum atomic E-state index is 0. The van der Waals surface area contributed by atoms with E-state index >= 15 is 0 Å². The van der Waals surface area contributed by atoms with E-state index in [2.05, 4.69) is 6.65 Å². The predicted octanol–water partition coefficient (Wildman–Crippen LogP) is 0.0725. The van der Waals surface area contributed by atoms with E-state index in [4.69, 9.17) is 14.2 Å². The first-order valence-corrected chi connectivity index (χ1v) is 0.612. The molecular formula is C4H12O4. The van der Waals surface area contributed by atoms with Gasteiger partial charge in [-0.05, 0) is 0 Å². The Kier molecular flexibility index (Phi) is 185000. The van der Waals surface area contributed by atoms with E-state index in [0.717, 1.165) is 0 Å². The summed E-state index contributed by atoms with van der Waals surface area (Å²) in [6.45, 7) is 4.50. The van der Waals surface area contributed by atoms with Crippen LogP contribution in [0.15, 0.2) is 0 Å². The van der Waals surface area contributed by atoms with Gasteiger partial charge >= 0.3 is 17.5 Å². The molecule has 0 bridgehead atoms. The number of rotatable bonds is 0. The van der Waals surface area contributed by atoms with Gasteiger partial charge in [0.05, 0.1) is 0 Å². The van der Waals surface area contributed by atoms with Crippen molar-refractivity contribution in [3.8, 4) is 0 Å². The zero-order valence-electron chi connectivity index (χ0n) is 2.72. The summed E-state index contributed by atoms with van der Waals surface area (Å²) in [4.78, 5) is 16.2. The van der Waals surface area contributed by atoms with Gasteiger partial charge in [-0.25, -0.2) is 0 Å². The summed E-state index contributed by atoms with van der Waals surface area (Å²) >= 11 is 0. The molecule has 0 aromatic rings. The van der Waals surface area contributed by atoms with Crippen molar-refractivity contribution in [2.45, 2.75) is 14.9 Å². The fourth-order valence-corrected chi connectivity index (χ4v) is 0. The van der Waals surface area contributed by atoms with Crippen LogP contribution in [0.5, 0.6) is 0 Å². The maximum atomic E-state index is 8.12. The standard InChI is InChI=1S/CO2.CO.2CH4.H2O.H2/c2-1-3;1-2;;;;/h;;2*1H4;1H2;1H. The first kappa shape index (κ1) is 60.5. The van der Waals surface area contributed by atoms with E-state index in [1.807, 2.05) is 0 Å². The van der Waals surface area contributed by atoms with E-state index in [0.29, 0.717) is 0 Å². The molecule has 2 N–H and O–H groups in total. The van der Waals surface area contributed by atoms with Gasteiger partial charge < -0.3 is 5.48 Å². The molecular weight excluding hydrogens is 112 g/mol. The van der Waals surface area contributed by atoms with Crippen LogP contribution in [0.4, 0.5) is 0 Å². The molecule has 0 aromatic carbocycles. The van der Waals surface area contributed by atoms with Crippen LogP contribution < -0.4 is 0 Å². The molecule has 0 spiro atoms. The van der Waals surface area contributed by atoms with Gasteiger partial charge in [-0.15, -0.1) is 0 Å². The maximum absolute atomic E-state index is 8.12. The molecule has 52 valence electrons. The molecule has 0 amide bonds. The fraction of sp³-hybridized carbons (Fsp3) is 0.500. The molecule has 8 heavy (non-hydrogen) atoms. The van der Waals surface area contributed by atoms with Crippen molar-refractivity contribution in [2.24, 2.45) is 0 Å². The van der Waals surface area contributed by atoms with E-state index in [1.165, 1.54) is 0 Å². The van der Waals surface area contributed by atoms with Gasteiger partial charge in [0.1, 0.15) is 0 Å². The summed E-state index contributed by atoms with van der Waals surface area (Å²) in [5, 5.41) is 0. The molecule has 0 fully saturated rings. The Hall–Kier alpha value is -0.920. The maximum Gasteiger partial charge on any atom is 0 e. The second-order valence-corrected chi connectivity index (χ2v) is 0.0833. The largest absolute Gasteiger partial charge is 0 e. The third-order valence-electron chi connectivity index (χ3n) is 0. The summed E-state index contributed by atoms with van der Waals surface area (Å²) < 4.78 is 7.50. The van der Waals surface area contributed by atoms with Crippen LogP contribution in [0.1, 0.15) is 16.3 Å². The average Bonchev–Trinajstić information content (AvgIpc) is 1.46. The first-order chi connectivity index (χ1) is 2.41. The van der Waals surface area contributed by atoms with Crippen molar-refractivity contribution in [3.05, 3.63) is 6.65 Å². The zero-order valence-corrected chi connectivity index (χ0v) is 2.72. The van der Waals surface area contributed by atoms with Crippen LogP contribution in [-0.2, 0) is 14.2 Å². The molecule has 0 saturated carbocycles. The molecule has 0 aliphatic heterocycles. The van der Waals surface area contributed by atoms with Gasteiger partial charge in [0.2, 0.25) is 0 Å². The quantitative estimate of drug-likeness (QED) is 0.338. The summed E-state index contributed by atoms with van der Waals surface area (Å²) in [5.41, 5.74) is 0. The molecule has 0 aromatic heterocycles. The van der Waals surface area contributed by atoms with Crippen LogP contribution >= 0.6 is 0 Å². The topological polar surface area (TPSA) is 85.5 Å². The van der Waals surface area contributed by atoms with Crippen molar-refractivity contribution in [1.29, 1.82) is 0 Å². The number of hydrogen-bond acceptors (Lipinski definition) is 2. The second-order valence-electron chi connectivity index (χ2n) is 0.0833. The van der Waals surface area contributed by atoms with Gasteiger partial charge in [-0.2, -0.15) is 9.59 Å². The normalized spacial score (nSPS) is 1.25. The van der Waals surface area contributed by atoms with E-state index in [9.17, 15) is 0 Å². The fourth-order valence-electron chi connectivity index (χ4n) is 0.